The largest absolute Gasteiger partial charge is 0.316 e. The van der Waals surface area contributed by atoms with Gasteiger partial charge in [-0.1, -0.05) is 60.7 Å². The highest BCUT2D eigenvalue weighted by Gasteiger charge is 2.15. The van der Waals surface area contributed by atoms with E-state index in [1.54, 1.807) is 0 Å². The van der Waals surface area contributed by atoms with E-state index < -0.39 is 0 Å². The van der Waals surface area contributed by atoms with Gasteiger partial charge in [0.2, 0.25) is 0 Å². The maximum Gasteiger partial charge on any atom is 0.195 e. The lowest BCUT2D eigenvalue weighted by molar-refractivity contribution is 0.103. The number of rotatable bonds is 3. The summed E-state index contributed by atoms with van der Waals surface area (Å²) >= 11 is 0. The summed E-state index contributed by atoms with van der Waals surface area (Å²) in [7, 11) is 0. The standard InChI is InChI=1S/C21H15NO/c23-21(17-9-2-1-3-10-17)18-11-5-7-13-20(18)22-15-14-16-8-4-6-12-19(16)22/h1-15H. The molecule has 4 rings (SSSR count). The Kier molecular flexibility index (Phi) is 3.28. The van der Waals surface area contributed by atoms with Crippen molar-refractivity contribution in [2.45, 2.75) is 0 Å². The highest BCUT2D eigenvalue weighted by molar-refractivity contribution is 6.11. The first-order chi connectivity index (χ1) is 11.3. The van der Waals surface area contributed by atoms with Crippen molar-refractivity contribution in [1.29, 1.82) is 0 Å². The van der Waals surface area contributed by atoms with Crippen LogP contribution in [-0.4, -0.2) is 10.4 Å². The Labute approximate surface area is 134 Å². The number of carbonyl (C=O) groups excluding carboxylic acids is 1. The van der Waals surface area contributed by atoms with Gasteiger partial charge in [0.25, 0.3) is 0 Å². The molecule has 0 saturated heterocycles. The lowest BCUT2D eigenvalue weighted by Crippen LogP contribution is -2.06. The average molecular weight is 297 g/mol. The van der Waals surface area contributed by atoms with Gasteiger partial charge in [-0.05, 0) is 29.7 Å². The van der Waals surface area contributed by atoms with Gasteiger partial charge in [-0.3, -0.25) is 4.79 Å². The molecule has 1 heterocycles. The second-order valence-corrected chi connectivity index (χ2v) is 5.46. The third-order valence-corrected chi connectivity index (χ3v) is 4.04. The molecule has 0 bridgehead atoms. The SMILES string of the molecule is O=C(c1ccccc1)c1ccccc1-n1ccc2ccccc21. The molecule has 1 aromatic heterocycles. The molecular weight excluding hydrogens is 282 g/mol. The number of benzene rings is 3. The van der Waals surface area contributed by atoms with Gasteiger partial charge in [0, 0.05) is 17.3 Å². The van der Waals surface area contributed by atoms with E-state index in [0.29, 0.717) is 11.1 Å². The van der Waals surface area contributed by atoms with E-state index in [4.69, 9.17) is 0 Å². The quantitative estimate of drug-likeness (QED) is 0.495. The highest BCUT2D eigenvalue weighted by atomic mass is 16.1. The van der Waals surface area contributed by atoms with Gasteiger partial charge in [-0.25, -0.2) is 0 Å². The van der Waals surface area contributed by atoms with E-state index >= 15 is 0 Å². The molecule has 0 fully saturated rings. The van der Waals surface area contributed by atoms with Gasteiger partial charge in [0.05, 0.1) is 11.2 Å². The molecule has 0 unspecified atom stereocenters. The van der Waals surface area contributed by atoms with Crippen LogP contribution < -0.4 is 0 Å². The van der Waals surface area contributed by atoms with Crippen molar-refractivity contribution >= 4 is 16.7 Å². The van der Waals surface area contributed by atoms with Crippen LogP contribution in [-0.2, 0) is 0 Å². The zero-order valence-electron chi connectivity index (χ0n) is 12.5. The van der Waals surface area contributed by atoms with Gasteiger partial charge < -0.3 is 4.57 Å². The monoisotopic (exact) mass is 297 g/mol. The fraction of sp³-hybridized carbons (Fsp3) is 0. The van der Waals surface area contributed by atoms with Crippen LogP contribution in [0.15, 0.2) is 91.1 Å². The summed E-state index contributed by atoms with van der Waals surface area (Å²) in [5.74, 6) is 0.0407. The summed E-state index contributed by atoms with van der Waals surface area (Å²) in [6.07, 6.45) is 2.02. The van der Waals surface area contributed by atoms with Crippen molar-refractivity contribution in [3.8, 4) is 5.69 Å². The summed E-state index contributed by atoms with van der Waals surface area (Å²) in [5.41, 5.74) is 3.42. The van der Waals surface area contributed by atoms with Crippen LogP contribution >= 0.6 is 0 Å². The van der Waals surface area contributed by atoms with Crippen LogP contribution in [0.2, 0.25) is 0 Å². The number of fused-ring (bicyclic) bond motifs is 1. The molecule has 0 aliphatic rings. The summed E-state index contributed by atoms with van der Waals surface area (Å²) < 4.78 is 2.07. The smallest absolute Gasteiger partial charge is 0.195 e. The number of hydrogen-bond acceptors (Lipinski definition) is 1. The molecule has 0 amide bonds. The number of aromatic nitrogens is 1. The normalized spacial score (nSPS) is 10.8. The highest BCUT2D eigenvalue weighted by Crippen LogP contribution is 2.24. The second kappa shape index (κ2) is 5.58. The van der Waals surface area contributed by atoms with Crippen LogP contribution in [0.25, 0.3) is 16.6 Å². The minimum atomic E-state index is 0.0407. The predicted molar refractivity (Wildman–Crippen MR) is 93.1 cm³/mol. The molecule has 0 aliphatic carbocycles. The zero-order valence-corrected chi connectivity index (χ0v) is 12.5. The summed E-state index contributed by atoms with van der Waals surface area (Å²) in [5, 5.41) is 1.16. The zero-order chi connectivity index (χ0) is 15.6. The topological polar surface area (TPSA) is 22.0 Å². The molecule has 2 heteroatoms. The Morgan fingerprint density at radius 2 is 1.39 bits per heavy atom. The average Bonchev–Trinajstić information content (AvgIpc) is 3.06. The molecule has 0 spiro atoms. The molecule has 0 aliphatic heterocycles. The lowest BCUT2D eigenvalue weighted by Gasteiger charge is -2.11. The summed E-state index contributed by atoms with van der Waals surface area (Å²) in [6, 6.07) is 27.4. The Morgan fingerprint density at radius 3 is 2.26 bits per heavy atom. The van der Waals surface area contributed by atoms with Crippen LogP contribution in [0, 0.1) is 0 Å². The Morgan fingerprint density at radius 1 is 0.696 bits per heavy atom. The maximum atomic E-state index is 12.9. The van der Waals surface area contributed by atoms with Gasteiger partial charge in [0.1, 0.15) is 0 Å². The third-order valence-electron chi connectivity index (χ3n) is 4.04. The number of hydrogen-bond donors (Lipinski definition) is 0. The van der Waals surface area contributed by atoms with Crippen molar-refractivity contribution in [2.24, 2.45) is 0 Å². The van der Waals surface area contributed by atoms with Crippen LogP contribution in [0.1, 0.15) is 15.9 Å². The number of para-hydroxylation sites is 2. The Balaban J connectivity index is 1.90. The van der Waals surface area contributed by atoms with Crippen LogP contribution in [0.5, 0.6) is 0 Å². The van der Waals surface area contributed by atoms with Gasteiger partial charge in [-0.2, -0.15) is 0 Å². The minimum absolute atomic E-state index is 0.0407. The van der Waals surface area contributed by atoms with Gasteiger partial charge in [0.15, 0.2) is 5.78 Å². The summed E-state index contributed by atoms with van der Waals surface area (Å²) in [6.45, 7) is 0. The first-order valence-corrected chi connectivity index (χ1v) is 7.60. The first-order valence-electron chi connectivity index (χ1n) is 7.60. The molecular formula is C21H15NO. The van der Waals surface area contributed by atoms with Crippen molar-refractivity contribution in [3.63, 3.8) is 0 Å². The molecule has 0 N–H and O–H groups in total. The van der Waals surface area contributed by atoms with E-state index in [9.17, 15) is 4.79 Å². The van der Waals surface area contributed by atoms with E-state index in [-0.39, 0.29) is 5.78 Å². The van der Waals surface area contributed by atoms with E-state index in [0.717, 1.165) is 16.6 Å². The van der Waals surface area contributed by atoms with E-state index in [1.807, 2.05) is 72.9 Å². The van der Waals surface area contributed by atoms with Gasteiger partial charge in [-0.15, -0.1) is 0 Å². The second-order valence-electron chi connectivity index (χ2n) is 5.46. The fourth-order valence-electron chi connectivity index (χ4n) is 2.91. The van der Waals surface area contributed by atoms with E-state index in [1.165, 1.54) is 0 Å². The summed E-state index contributed by atoms with van der Waals surface area (Å²) in [4.78, 5) is 12.9. The van der Waals surface area contributed by atoms with Crippen molar-refractivity contribution in [1.82, 2.24) is 4.57 Å². The predicted octanol–water partition coefficient (Wildman–Crippen LogP) is 4.86. The number of nitrogens with zero attached hydrogens (tertiary/aromatic N) is 1. The maximum absolute atomic E-state index is 12.9. The van der Waals surface area contributed by atoms with Crippen molar-refractivity contribution in [2.75, 3.05) is 0 Å². The molecule has 0 atom stereocenters. The van der Waals surface area contributed by atoms with Crippen LogP contribution in [0.4, 0.5) is 0 Å². The lowest BCUT2D eigenvalue weighted by atomic mass is 10.0. The third kappa shape index (κ3) is 2.34. The fourth-order valence-corrected chi connectivity index (χ4v) is 2.91. The molecule has 3 aromatic carbocycles. The molecule has 23 heavy (non-hydrogen) atoms. The molecule has 4 aromatic rings. The van der Waals surface area contributed by atoms with Crippen molar-refractivity contribution in [3.05, 3.63) is 102 Å². The van der Waals surface area contributed by atoms with Gasteiger partial charge >= 0.3 is 0 Å². The van der Waals surface area contributed by atoms with Crippen molar-refractivity contribution < 1.29 is 4.79 Å². The Hall–Kier alpha value is -3.13. The van der Waals surface area contributed by atoms with Crippen LogP contribution in [0.3, 0.4) is 0 Å². The Bertz CT molecular complexity index is 983. The number of ketones is 1. The number of carbonyl (C=O) groups is 1. The minimum Gasteiger partial charge on any atom is -0.316 e. The first kappa shape index (κ1) is 13.5. The molecule has 0 saturated carbocycles. The molecule has 2 nitrogen and oxygen atoms in total. The van der Waals surface area contributed by atoms with E-state index in [2.05, 4.69) is 22.8 Å². The molecule has 110 valence electrons. The molecule has 0 radical (unpaired) electrons.